The van der Waals surface area contributed by atoms with E-state index in [-0.39, 0.29) is 0 Å². The Labute approximate surface area is 49.3 Å². The van der Waals surface area contributed by atoms with Crippen LogP contribution in [0.4, 0.5) is 0 Å². The van der Waals surface area contributed by atoms with Crippen molar-refractivity contribution < 1.29 is 0 Å². The standard InChI is InChI=1S/C5H9ClN/c1-7-3-2-5(6)4-7/h3,5H,2,4H2,1H3. The van der Waals surface area contributed by atoms with Crippen molar-refractivity contribution >= 4 is 11.6 Å². The zero-order chi connectivity index (χ0) is 5.28. The number of nitrogens with zero attached hydrogens (tertiary/aromatic N) is 1. The maximum atomic E-state index is 5.73. The molecule has 1 heterocycles. The van der Waals surface area contributed by atoms with Gasteiger partial charge in [0.15, 0.2) is 0 Å². The van der Waals surface area contributed by atoms with E-state index in [9.17, 15) is 0 Å². The van der Waals surface area contributed by atoms with Gasteiger partial charge in [-0.25, -0.2) is 0 Å². The zero-order valence-electron chi connectivity index (χ0n) is 4.39. The van der Waals surface area contributed by atoms with E-state index in [0.29, 0.717) is 5.38 Å². The first-order valence-corrected chi connectivity index (χ1v) is 2.90. The normalized spacial score (nSPS) is 34.3. The molecule has 0 N–H and O–H groups in total. The lowest BCUT2D eigenvalue weighted by Gasteiger charge is -2.01. The molecule has 0 aromatic heterocycles. The summed E-state index contributed by atoms with van der Waals surface area (Å²) in [6.07, 6.45) is 1.04. The van der Waals surface area contributed by atoms with E-state index in [1.165, 1.54) is 0 Å². The van der Waals surface area contributed by atoms with E-state index in [2.05, 4.69) is 11.4 Å². The van der Waals surface area contributed by atoms with Crippen molar-refractivity contribution in [3.05, 3.63) is 6.54 Å². The van der Waals surface area contributed by atoms with Gasteiger partial charge in [0, 0.05) is 18.5 Å². The molecule has 1 atom stereocenters. The summed E-state index contributed by atoms with van der Waals surface area (Å²) in [5.41, 5.74) is 0. The van der Waals surface area contributed by atoms with Crippen LogP contribution < -0.4 is 0 Å². The molecule has 1 aliphatic heterocycles. The van der Waals surface area contributed by atoms with Gasteiger partial charge >= 0.3 is 0 Å². The lowest BCUT2D eigenvalue weighted by atomic mass is 10.4. The van der Waals surface area contributed by atoms with Crippen LogP contribution in [0.15, 0.2) is 0 Å². The van der Waals surface area contributed by atoms with Crippen LogP contribution in [0.3, 0.4) is 0 Å². The summed E-state index contributed by atoms with van der Waals surface area (Å²) in [7, 11) is 2.04. The van der Waals surface area contributed by atoms with Gasteiger partial charge in [0.2, 0.25) is 0 Å². The lowest BCUT2D eigenvalue weighted by molar-refractivity contribution is 0.475. The largest absolute Gasteiger partial charge is 0.300 e. The Balaban J connectivity index is 2.26. The average Bonchev–Trinajstić information content (AvgIpc) is 1.87. The van der Waals surface area contributed by atoms with Crippen LogP contribution in [0, 0.1) is 6.54 Å². The Morgan fingerprint density at radius 3 is 2.71 bits per heavy atom. The number of likely N-dealkylation sites (tertiary alicyclic amines) is 1. The van der Waals surface area contributed by atoms with Gasteiger partial charge in [-0.2, -0.15) is 0 Å². The first-order valence-electron chi connectivity index (χ1n) is 2.46. The Bertz CT molecular complexity index is 57.1. The van der Waals surface area contributed by atoms with Crippen molar-refractivity contribution in [2.24, 2.45) is 0 Å². The van der Waals surface area contributed by atoms with Crippen LogP contribution in [0.1, 0.15) is 6.42 Å². The maximum Gasteiger partial charge on any atom is 0.0478 e. The van der Waals surface area contributed by atoms with Crippen LogP contribution in [0.5, 0.6) is 0 Å². The molecule has 1 fully saturated rings. The van der Waals surface area contributed by atoms with E-state index >= 15 is 0 Å². The maximum absolute atomic E-state index is 5.73. The molecular weight excluding hydrogens is 110 g/mol. The van der Waals surface area contributed by atoms with Crippen molar-refractivity contribution in [2.45, 2.75) is 11.8 Å². The summed E-state index contributed by atoms with van der Waals surface area (Å²) in [6, 6.07) is 0. The predicted octanol–water partition coefficient (Wildman–Crippen LogP) is 1.09. The second-order valence-electron chi connectivity index (χ2n) is 1.96. The van der Waals surface area contributed by atoms with E-state index in [1.54, 1.807) is 0 Å². The Kier molecular flexibility index (Phi) is 1.55. The molecule has 0 aliphatic carbocycles. The molecule has 1 unspecified atom stereocenters. The molecule has 2 heteroatoms. The number of alkyl halides is 1. The molecule has 0 amide bonds. The van der Waals surface area contributed by atoms with Crippen molar-refractivity contribution in [1.29, 1.82) is 0 Å². The highest BCUT2D eigenvalue weighted by Gasteiger charge is 2.15. The van der Waals surface area contributed by atoms with Crippen LogP contribution in [0.2, 0.25) is 0 Å². The first-order chi connectivity index (χ1) is 3.29. The van der Waals surface area contributed by atoms with E-state index in [1.807, 2.05) is 7.05 Å². The topological polar surface area (TPSA) is 3.24 Å². The number of halogens is 1. The summed E-state index contributed by atoms with van der Waals surface area (Å²) in [6.45, 7) is 3.14. The third-order valence-corrected chi connectivity index (χ3v) is 1.48. The van der Waals surface area contributed by atoms with Crippen LogP contribution >= 0.6 is 11.6 Å². The van der Waals surface area contributed by atoms with E-state index in [4.69, 9.17) is 11.6 Å². The Morgan fingerprint density at radius 1 is 1.86 bits per heavy atom. The van der Waals surface area contributed by atoms with Gasteiger partial charge in [-0.3, -0.25) is 0 Å². The fraction of sp³-hybridized carbons (Fsp3) is 0.800. The van der Waals surface area contributed by atoms with Gasteiger partial charge in [-0.05, 0) is 13.5 Å². The molecule has 1 nitrogen and oxygen atoms in total. The zero-order valence-corrected chi connectivity index (χ0v) is 5.15. The predicted molar refractivity (Wildman–Crippen MR) is 31.2 cm³/mol. The molecule has 1 radical (unpaired) electrons. The fourth-order valence-corrected chi connectivity index (χ4v) is 1.05. The average molecular weight is 119 g/mol. The minimum atomic E-state index is 0.366. The summed E-state index contributed by atoms with van der Waals surface area (Å²) in [5, 5.41) is 0.366. The molecule has 0 saturated carbocycles. The van der Waals surface area contributed by atoms with Gasteiger partial charge in [-0.1, -0.05) is 0 Å². The second-order valence-corrected chi connectivity index (χ2v) is 2.57. The molecule has 1 saturated heterocycles. The van der Waals surface area contributed by atoms with Crippen molar-refractivity contribution in [3.63, 3.8) is 0 Å². The quantitative estimate of drug-likeness (QED) is 0.431. The highest BCUT2D eigenvalue weighted by molar-refractivity contribution is 6.21. The Hall–Kier alpha value is 0.250. The highest BCUT2D eigenvalue weighted by atomic mass is 35.5. The minimum Gasteiger partial charge on any atom is -0.300 e. The second kappa shape index (κ2) is 2.01. The molecule has 0 spiro atoms. The molecule has 41 valence electrons. The third kappa shape index (κ3) is 1.32. The van der Waals surface area contributed by atoms with E-state index < -0.39 is 0 Å². The molecule has 1 rings (SSSR count). The van der Waals surface area contributed by atoms with Gasteiger partial charge in [0.1, 0.15) is 0 Å². The summed E-state index contributed by atoms with van der Waals surface area (Å²) < 4.78 is 0. The molecule has 0 aromatic rings. The lowest BCUT2D eigenvalue weighted by Crippen LogP contribution is -2.10. The van der Waals surface area contributed by atoms with Gasteiger partial charge < -0.3 is 4.90 Å². The number of hydrogen-bond acceptors (Lipinski definition) is 1. The smallest absolute Gasteiger partial charge is 0.0478 e. The molecule has 1 aliphatic rings. The fourth-order valence-electron chi connectivity index (χ4n) is 0.756. The van der Waals surface area contributed by atoms with Gasteiger partial charge in [0.25, 0.3) is 0 Å². The van der Waals surface area contributed by atoms with Gasteiger partial charge in [0.05, 0.1) is 0 Å². The number of rotatable bonds is 0. The van der Waals surface area contributed by atoms with Crippen LogP contribution in [-0.2, 0) is 0 Å². The van der Waals surface area contributed by atoms with Crippen molar-refractivity contribution in [2.75, 3.05) is 13.6 Å². The monoisotopic (exact) mass is 118 g/mol. The van der Waals surface area contributed by atoms with Crippen molar-refractivity contribution in [1.82, 2.24) is 4.90 Å². The molecule has 0 aromatic carbocycles. The minimum absolute atomic E-state index is 0.366. The summed E-state index contributed by atoms with van der Waals surface area (Å²) in [5.74, 6) is 0. The Morgan fingerprint density at radius 2 is 2.57 bits per heavy atom. The molecule has 7 heavy (non-hydrogen) atoms. The third-order valence-electron chi connectivity index (χ3n) is 1.16. The highest BCUT2D eigenvalue weighted by Crippen LogP contribution is 2.15. The molecule has 0 bridgehead atoms. The molecular formula is C5H9ClN. The summed E-state index contributed by atoms with van der Waals surface area (Å²) in [4.78, 5) is 2.12. The van der Waals surface area contributed by atoms with Crippen molar-refractivity contribution in [3.8, 4) is 0 Å². The summed E-state index contributed by atoms with van der Waals surface area (Å²) >= 11 is 5.73. The number of hydrogen-bond donors (Lipinski definition) is 0. The SMILES string of the molecule is CN1[CH]CC(Cl)C1. The first kappa shape index (κ1) is 5.39. The van der Waals surface area contributed by atoms with Crippen LogP contribution in [-0.4, -0.2) is 23.9 Å². The van der Waals surface area contributed by atoms with Gasteiger partial charge in [-0.15, -0.1) is 11.6 Å². The van der Waals surface area contributed by atoms with E-state index in [0.717, 1.165) is 13.0 Å². The van der Waals surface area contributed by atoms with Crippen LogP contribution in [0.25, 0.3) is 0 Å².